The second-order valence-electron chi connectivity index (χ2n) is 6.28. The molecule has 0 aromatic heterocycles. The van der Waals surface area contributed by atoms with Crippen LogP contribution in [0.4, 0.5) is 0 Å². The van der Waals surface area contributed by atoms with Gasteiger partial charge in [0.05, 0.1) is 6.61 Å². The summed E-state index contributed by atoms with van der Waals surface area (Å²) in [6, 6.07) is 15.9. The Bertz CT molecular complexity index is 726. The van der Waals surface area contributed by atoms with Crippen molar-refractivity contribution in [3.05, 3.63) is 70.8 Å². The maximum atomic E-state index is 12.6. The Balaban J connectivity index is 1.67. The zero-order chi connectivity index (χ0) is 16.8. The summed E-state index contributed by atoms with van der Waals surface area (Å²) in [5, 5.41) is 0. The molecule has 0 N–H and O–H groups in total. The minimum atomic E-state index is 0.164. The molecular formula is C22H24O2. The smallest absolute Gasteiger partial charge is 0.189 e. The molecule has 0 radical (unpaired) electrons. The van der Waals surface area contributed by atoms with Gasteiger partial charge in [0, 0.05) is 11.1 Å². The van der Waals surface area contributed by atoms with Crippen LogP contribution in [0.3, 0.4) is 0 Å². The second-order valence-corrected chi connectivity index (χ2v) is 6.28. The molecule has 0 aliphatic heterocycles. The molecule has 0 bridgehead atoms. The minimum Gasteiger partial charge on any atom is -0.494 e. The third-order valence-corrected chi connectivity index (χ3v) is 4.45. The van der Waals surface area contributed by atoms with Crippen molar-refractivity contribution in [3.8, 4) is 5.75 Å². The Morgan fingerprint density at radius 3 is 2.58 bits per heavy atom. The van der Waals surface area contributed by atoms with E-state index in [1.165, 1.54) is 12.8 Å². The van der Waals surface area contributed by atoms with E-state index < -0.39 is 0 Å². The third kappa shape index (κ3) is 3.94. The molecule has 0 saturated heterocycles. The van der Waals surface area contributed by atoms with Crippen LogP contribution < -0.4 is 4.74 Å². The van der Waals surface area contributed by atoms with Crippen LogP contribution in [-0.4, -0.2) is 12.4 Å². The Hall–Kier alpha value is -2.35. The van der Waals surface area contributed by atoms with Gasteiger partial charge in [-0.05, 0) is 48.6 Å². The number of allylic oxidation sites excluding steroid dienone is 1. The van der Waals surface area contributed by atoms with Gasteiger partial charge >= 0.3 is 0 Å². The normalized spacial score (nSPS) is 15.4. The number of benzene rings is 2. The predicted octanol–water partition coefficient (Wildman–Crippen LogP) is 5.47. The Morgan fingerprint density at radius 1 is 1.00 bits per heavy atom. The number of Topliss-reactive ketones (excluding diaryl/α,β-unsaturated/α-hetero) is 1. The van der Waals surface area contributed by atoms with Gasteiger partial charge in [-0.25, -0.2) is 0 Å². The van der Waals surface area contributed by atoms with Crippen molar-refractivity contribution >= 4 is 11.9 Å². The highest BCUT2D eigenvalue weighted by atomic mass is 16.5. The summed E-state index contributed by atoms with van der Waals surface area (Å²) in [6.07, 6.45) is 7.26. The van der Waals surface area contributed by atoms with Gasteiger partial charge in [-0.3, -0.25) is 4.79 Å². The number of ether oxygens (including phenoxy) is 1. The first-order chi connectivity index (χ1) is 11.8. The summed E-state index contributed by atoms with van der Waals surface area (Å²) in [5.74, 6) is 1.06. The molecule has 0 saturated carbocycles. The van der Waals surface area contributed by atoms with E-state index in [0.717, 1.165) is 53.9 Å². The molecular weight excluding hydrogens is 296 g/mol. The molecule has 2 nitrogen and oxygen atoms in total. The van der Waals surface area contributed by atoms with Crippen molar-refractivity contribution in [1.82, 2.24) is 0 Å². The van der Waals surface area contributed by atoms with E-state index in [1.54, 1.807) is 0 Å². The first-order valence-electron chi connectivity index (χ1n) is 8.84. The van der Waals surface area contributed by atoms with Crippen molar-refractivity contribution in [2.75, 3.05) is 6.61 Å². The molecule has 0 unspecified atom stereocenters. The van der Waals surface area contributed by atoms with Gasteiger partial charge in [-0.1, -0.05) is 56.2 Å². The highest BCUT2D eigenvalue weighted by molar-refractivity contribution is 6.13. The topological polar surface area (TPSA) is 26.3 Å². The average molecular weight is 320 g/mol. The van der Waals surface area contributed by atoms with E-state index in [4.69, 9.17) is 4.74 Å². The summed E-state index contributed by atoms with van der Waals surface area (Å²) >= 11 is 0. The van der Waals surface area contributed by atoms with E-state index in [0.29, 0.717) is 0 Å². The van der Waals surface area contributed by atoms with Crippen LogP contribution >= 0.6 is 0 Å². The molecule has 0 spiro atoms. The fourth-order valence-corrected chi connectivity index (χ4v) is 3.06. The van der Waals surface area contributed by atoms with E-state index >= 15 is 0 Å². The van der Waals surface area contributed by atoms with Gasteiger partial charge in [-0.15, -0.1) is 0 Å². The number of aryl methyl sites for hydroxylation is 1. The molecule has 24 heavy (non-hydrogen) atoms. The van der Waals surface area contributed by atoms with Crippen molar-refractivity contribution in [2.45, 2.75) is 39.0 Å². The lowest BCUT2D eigenvalue weighted by Crippen LogP contribution is -2.13. The van der Waals surface area contributed by atoms with Crippen LogP contribution in [0.25, 0.3) is 6.08 Å². The van der Waals surface area contributed by atoms with Gasteiger partial charge < -0.3 is 4.74 Å². The largest absolute Gasteiger partial charge is 0.494 e. The molecule has 3 rings (SSSR count). The first kappa shape index (κ1) is 16.5. The molecule has 0 fully saturated rings. The number of rotatable bonds is 6. The Kier molecular flexibility index (Phi) is 5.47. The minimum absolute atomic E-state index is 0.164. The quantitative estimate of drug-likeness (QED) is 0.521. The lowest BCUT2D eigenvalue weighted by atomic mass is 9.86. The summed E-state index contributed by atoms with van der Waals surface area (Å²) < 4.78 is 5.73. The van der Waals surface area contributed by atoms with E-state index in [1.807, 2.05) is 48.5 Å². The lowest BCUT2D eigenvalue weighted by Gasteiger charge is -2.17. The third-order valence-electron chi connectivity index (χ3n) is 4.45. The summed E-state index contributed by atoms with van der Waals surface area (Å²) in [7, 11) is 0. The number of carbonyl (C=O) groups excluding carboxylic acids is 1. The molecule has 0 amide bonds. The fourth-order valence-electron chi connectivity index (χ4n) is 3.06. The van der Waals surface area contributed by atoms with Crippen LogP contribution in [0.5, 0.6) is 5.75 Å². The Morgan fingerprint density at radius 2 is 1.79 bits per heavy atom. The van der Waals surface area contributed by atoms with Gasteiger partial charge in [0.15, 0.2) is 5.78 Å². The van der Waals surface area contributed by atoms with Crippen molar-refractivity contribution < 1.29 is 9.53 Å². The number of unbranched alkanes of at least 4 members (excludes halogenated alkanes) is 2. The van der Waals surface area contributed by atoms with Gasteiger partial charge in [0.1, 0.15) is 5.75 Å². The fraction of sp³-hybridized carbons (Fsp3) is 0.318. The van der Waals surface area contributed by atoms with Crippen molar-refractivity contribution in [1.29, 1.82) is 0 Å². The molecule has 2 heteroatoms. The van der Waals surface area contributed by atoms with Gasteiger partial charge in [0.25, 0.3) is 0 Å². The molecule has 2 aromatic rings. The van der Waals surface area contributed by atoms with E-state index in [9.17, 15) is 4.79 Å². The highest BCUT2D eigenvalue weighted by Crippen LogP contribution is 2.26. The van der Waals surface area contributed by atoms with Crippen LogP contribution in [0.2, 0.25) is 0 Å². The van der Waals surface area contributed by atoms with Gasteiger partial charge in [-0.2, -0.15) is 0 Å². The lowest BCUT2D eigenvalue weighted by molar-refractivity contribution is 0.102. The van der Waals surface area contributed by atoms with Crippen LogP contribution in [0.15, 0.2) is 54.1 Å². The summed E-state index contributed by atoms with van der Waals surface area (Å²) in [5.41, 5.74) is 3.96. The van der Waals surface area contributed by atoms with Crippen LogP contribution in [-0.2, 0) is 6.42 Å². The summed E-state index contributed by atoms with van der Waals surface area (Å²) in [6.45, 7) is 2.96. The van der Waals surface area contributed by atoms with Crippen molar-refractivity contribution in [3.63, 3.8) is 0 Å². The molecule has 1 aliphatic rings. The maximum absolute atomic E-state index is 12.6. The number of hydrogen-bond donors (Lipinski definition) is 0. The number of fused-ring (bicyclic) bond motifs is 1. The monoisotopic (exact) mass is 320 g/mol. The number of carbonyl (C=O) groups is 1. The number of ketones is 1. The maximum Gasteiger partial charge on any atom is 0.189 e. The van der Waals surface area contributed by atoms with Crippen LogP contribution in [0, 0.1) is 0 Å². The second kappa shape index (κ2) is 7.96. The molecule has 0 atom stereocenters. The van der Waals surface area contributed by atoms with E-state index in [-0.39, 0.29) is 5.78 Å². The molecule has 124 valence electrons. The zero-order valence-electron chi connectivity index (χ0n) is 14.3. The first-order valence-corrected chi connectivity index (χ1v) is 8.84. The average Bonchev–Trinajstić information content (AvgIpc) is 2.63. The summed E-state index contributed by atoms with van der Waals surface area (Å²) in [4.78, 5) is 12.6. The predicted molar refractivity (Wildman–Crippen MR) is 98.5 cm³/mol. The van der Waals surface area contributed by atoms with Crippen LogP contribution in [0.1, 0.15) is 54.1 Å². The highest BCUT2D eigenvalue weighted by Gasteiger charge is 2.20. The Labute approximate surface area is 144 Å². The SMILES string of the molecule is CCCCCOc1ccc(C=C2CCc3ccccc3C2=O)cc1. The zero-order valence-corrected chi connectivity index (χ0v) is 14.3. The van der Waals surface area contributed by atoms with Crippen molar-refractivity contribution in [2.24, 2.45) is 0 Å². The molecule has 2 aromatic carbocycles. The number of hydrogen-bond acceptors (Lipinski definition) is 2. The standard InChI is InChI=1S/C22H24O2/c1-2-3-6-15-24-20-13-9-17(10-14-20)16-19-12-11-18-7-4-5-8-21(18)22(19)23/h4-5,7-10,13-14,16H,2-3,6,11-12,15H2,1H3. The molecule has 1 aliphatic carbocycles. The van der Waals surface area contributed by atoms with Gasteiger partial charge in [0.2, 0.25) is 0 Å². The van der Waals surface area contributed by atoms with E-state index in [2.05, 4.69) is 13.0 Å². The molecule has 0 heterocycles.